The van der Waals surface area contributed by atoms with Crippen molar-refractivity contribution in [2.24, 2.45) is 0 Å². The van der Waals surface area contributed by atoms with E-state index in [0.717, 1.165) is 24.8 Å². The summed E-state index contributed by atoms with van der Waals surface area (Å²) in [4.78, 5) is 8.55. The fraction of sp³-hybridized carbons (Fsp3) is 0.692. The third kappa shape index (κ3) is 2.94. The normalized spacial score (nSPS) is 18.6. The highest BCUT2D eigenvalue weighted by Crippen LogP contribution is 2.31. The molecule has 0 amide bonds. The predicted octanol–water partition coefficient (Wildman–Crippen LogP) is 2.10. The molecule has 2 N–H and O–H groups in total. The molecule has 2 rings (SSSR count). The molecule has 0 aromatic carbocycles. The van der Waals surface area contributed by atoms with Gasteiger partial charge in [-0.2, -0.15) is 0 Å². The molecule has 94 valence electrons. The van der Waals surface area contributed by atoms with Crippen LogP contribution in [0.4, 0.5) is 5.95 Å². The molecule has 0 radical (unpaired) electrons. The van der Waals surface area contributed by atoms with Gasteiger partial charge in [-0.25, -0.2) is 9.97 Å². The van der Waals surface area contributed by atoms with Crippen molar-refractivity contribution in [3.63, 3.8) is 0 Å². The van der Waals surface area contributed by atoms with Crippen LogP contribution in [0.15, 0.2) is 12.4 Å². The summed E-state index contributed by atoms with van der Waals surface area (Å²) < 4.78 is 0. The Morgan fingerprint density at radius 2 is 1.88 bits per heavy atom. The first kappa shape index (κ1) is 12.3. The quantitative estimate of drug-likeness (QED) is 0.842. The molecule has 17 heavy (non-hydrogen) atoms. The molecule has 1 fully saturated rings. The van der Waals surface area contributed by atoms with Crippen molar-refractivity contribution >= 4 is 5.95 Å². The van der Waals surface area contributed by atoms with Crippen LogP contribution in [0.5, 0.6) is 0 Å². The molecular formula is C13H21N3O. The Hall–Kier alpha value is -1.16. The molecule has 4 heteroatoms. The molecule has 0 atom stereocenters. The van der Waals surface area contributed by atoms with Gasteiger partial charge < -0.3 is 10.4 Å². The number of hydrogen-bond donors (Lipinski definition) is 2. The SMILES string of the molecule is CC(C)(C)c1cnc(NCC2(O)CCC2)nc1. The second-order valence-corrected chi connectivity index (χ2v) is 5.98. The van der Waals surface area contributed by atoms with Crippen LogP contribution in [0.3, 0.4) is 0 Å². The van der Waals surface area contributed by atoms with E-state index < -0.39 is 5.60 Å². The topological polar surface area (TPSA) is 58.0 Å². The minimum atomic E-state index is -0.536. The molecule has 1 aliphatic carbocycles. The average Bonchev–Trinajstić information content (AvgIpc) is 2.23. The van der Waals surface area contributed by atoms with E-state index in [9.17, 15) is 5.11 Å². The highest BCUT2D eigenvalue weighted by Gasteiger charge is 2.34. The molecule has 1 aliphatic rings. The van der Waals surface area contributed by atoms with Gasteiger partial charge in [-0.15, -0.1) is 0 Å². The zero-order chi connectivity index (χ0) is 12.5. The maximum atomic E-state index is 9.94. The van der Waals surface area contributed by atoms with Crippen LogP contribution < -0.4 is 5.32 Å². The minimum Gasteiger partial charge on any atom is -0.388 e. The second-order valence-electron chi connectivity index (χ2n) is 5.98. The number of aromatic nitrogens is 2. The zero-order valence-electron chi connectivity index (χ0n) is 10.8. The van der Waals surface area contributed by atoms with Crippen LogP contribution in [-0.4, -0.2) is 27.2 Å². The van der Waals surface area contributed by atoms with Crippen molar-refractivity contribution in [3.8, 4) is 0 Å². The van der Waals surface area contributed by atoms with Crippen molar-refractivity contribution in [2.45, 2.75) is 51.0 Å². The van der Waals surface area contributed by atoms with Crippen LogP contribution in [0.25, 0.3) is 0 Å². The van der Waals surface area contributed by atoms with E-state index in [1.807, 2.05) is 12.4 Å². The van der Waals surface area contributed by atoms with E-state index in [2.05, 4.69) is 36.1 Å². The smallest absolute Gasteiger partial charge is 0.222 e. The van der Waals surface area contributed by atoms with Crippen LogP contribution in [0, 0.1) is 0 Å². The third-order valence-corrected chi connectivity index (χ3v) is 3.38. The first-order valence-corrected chi connectivity index (χ1v) is 6.18. The van der Waals surface area contributed by atoms with E-state index in [-0.39, 0.29) is 5.41 Å². The van der Waals surface area contributed by atoms with Gasteiger partial charge in [0.15, 0.2) is 0 Å². The summed E-state index contributed by atoms with van der Waals surface area (Å²) in [7, 11) is 0. The minimum absolute atomic E-state index is 0.0741. The van der Waals surface area contributed by atoms with Crippen molar-refractivity contribution in [2.75, 3.05) is 11.9 Å². The molecule has 1 aromatic rings. The fourth-order valence-electron chi connectivity index (χ4n) is 1.81. The number of nitrogens with zero attached hydrogens (tertiary/aromatic N) is 2. The van der Waals surface area contributed by atoms with E-state index >= 15 is 0 Å². The van der Waals surface area contributed by atoms with Crippen molar-refractivity contribution in [1.82, 2.24) is 9.97 Å². The number of hydrogen-bond acceptors (Lipinski definition) is 4. The number of nitrogens with one attached hydrogen (secondary N) is 1. The van der Waals surface area contributed by atoms with Gasteiger partial charge in [0.05, 0.1) is 5.60 Å². The Kier molecular flexibility index (Phi) is 3.08. The van der Waals surface area contributed by atoms with Crippen LogP contribution in [-0.2, 0) is 5.41 Å². The van der Waals surface area contributed by atoms with E-state index in [1.54, 1.807) is 0 Å². The summed E-state index contributed by atoms with van der Waals surface area (Å²) in [6.07, 6.45) is 6.56. The molecule has 1 aromatic heterocycles. The van der Waals surface area contributed by atoms with Crippen molar-refractivity contribution < 1.29 is 5.11 Å². The number of rotatable bonds is 3. The first-order valence-electron chi connectivity index (χ1n) is 6.18. The van der Waals surface area contributed by atoms with Crippen LogP contribution in [0.1, 0.15) is 45.6 Å². The summed E-state index contributed by atoms with van der Waals surface area (Å²) in [5.74, 6) is 0.596. The number of anilines is 1. The summed E-state index contributed by atoms with van der Waals surface area (Å²) in [5, 5.41) is 13.0. The third-order valence-electron chi connectivity index (χ3n) is 3.38. The zero-order valence-corrected chi connectivity index (χ0v) is 10.8. The largest absolute Gasteiger partial charge is 0.388 e. The van der Waals surface area contributed by atoms with Gasteiger partial charge in [0.1, 0.15) is 0 Å². The lowest BCUT2D eigenvalue weighted by Crippen LogP contribution is -2.43. The lowest BCUT2D eigenvalue weighted by Gasteiger charge is -2.36. The Bertz CT molecular complexity index is 377. The fourth-order valence-corrected chi connectivity index (χ4v) is 1.81. The summed E-state index contributed by atoms with van der Waals surface area (Å²) in [6.45, 7) is 6.95. The molecule has 0 spiro atoms. The highest BCUT2D eigenvalue weighted by atomic mass is 16.3. The Morgan fingerprint density at radius 3 is 2.29 bits per heavy atom. The maximum absolute atomic E-state index is 9.94. The first-order chi connectivity index (χ1) is 7.89. The summed E-state index contributed by atoms with van der Waals surface area (Å²) >= 11 is 0. The van der Waals surface area contributed by atoms with Gasteiger partial charge in [-0.1, -0.05) is 20.8 Å². The Balaban J connectivity index is 1.94. The van der Waals surface area contributed by atoms with Crippen molar-refractivity contribution in [3.05, 3.63) is 18.0 Å². The van der Waals surface area contributed by atoms with Gasteiger partial charge in [-0.05, 0) is 30.2 Å². The van der Waals surface area contributed by atoms with E-state index in [4.69, 9.17) is 0 Å². The van der Waals surface area contributed by atoms with Crippen LogP contribution in [0.2, 0.25) is 0 Å². The van der Waals surface area contributed by atoms with Gasteiger partial charge in [0.2, 0.25) is 5.95 Å². The molecule has 4 nitrogen and oxygen atoms in total. The van der Waals surface area contributed by atoms with Crippen LogP contribution >= 0.6 is 0 Å². The molecule has 0 unspecified atom stereocenters. The summed E-state index contributed by atoms with van der Waals surface area (Å²) in [6, 6.07) is 0. The molecular weight excluding hydrogens is 214 g/mol. The highest BCUT2D eigenvalue weighted by molar-refractivity contribution is 5.28. The molecule has 1 saturated carbocycles. The van der Waals surface area contributed by atoms with Gasteiger partial charge in [-0.3, -0.25) is 0 Å². The van der Waals surface area contributed by atoms with Gasteiger partial charge in [0.25, 0.3) is 0 Å². The van der Waals surface area contributed by atoms with Crippen molar-refractivity contribution in [1.29, 1.82) is 0 Å². The predicted molar refractivity (Wildman–Crippen MR) is 68.0 cm³/mol. The number of aliphatic hydroxyl groups is 1. The molecule has 0 bridgehead atoms. The molecule has 1 heterocycles. The maximum Gasteiger partial charge on any atom is 0.222 e. The van der Waals surface area contributed by atoms with Gasteiger partial charge in [0, 0.05) is 18.9 Å². The monoisotopic (exact) mass is 235 g/mol. The summed E-state index contributed by atoms with van der Waals surface area (Å²) in [5.41, 5.74) is 0.655. The average molecular weight is 235 g/mol. The Morgan fingerprint density at radius 1 is 1.29 bits per heavy atom. The second kappa shape index (κ2) is 4.26. The lowest BCUT2D eigenvalue weighted by molar-refractivity contribution is -0.0203. The standard InChI is InChI=1S/C13H21N3O/c1-12(2,3)10-7-14-11(15-8-10)16-9-13(17)5-4-6-13/h7-8,17H,4-6,9H2,1-3H3,(H,14,15,16). The van der Waals surface area contributed by atoms with E-state index in [1.165, 1.54) is 0 Å². The lowest BCUT2D eigenvalue weighted by atomic mass is 9.80. The molecule has 0 aliphatic heterocycles. The molecule has 0 saturated heterocycles. The van der Waals surface area contributed by atoms with E-state index in [0.29, 0.717) is 12.5 Å². The van der Waals surface area contributed by atoms with Gasteiger partial charge >= 0.3 is 0 Å². The Labute approximate surface area is 102 Å².